The van der Waals surface area contributed by atoms with Crippen molar-refractivity contribution in [3.8, 4) is 0 Å². The number of aromatic amines is 1. The lowest BCUT2D eigenvalue weighted by Crippen LogP contribution is -1.75. The summed E-state index contributed by atoms with van der Waals surface area (Å²) in [5, 5.41) is 0.470. The van der Waals surface area contributed by atoms with Gasteiger partial charge in [0.1, 0.15) is 9.79 Å². The van der Waals surface area contributed by atoms with Crippen LogP contribution in [0.2, 0.25) is 5.15 Å². The first-order valence-electron chi connectivity index (χ1n) is 1.99. The molecule has 1 aromatic rings. The van der Waals surface area contributed by atoms with Crippen LogP contribution in [0.25, 0.3) is 0 Å². The molecule has 0 aliphatic heterocycles. The first-order chi connectivity index (χ1) is 3.79. The molecule has 0 aliphatic rings. The van der Waals surface area contributed by atoms with E-state index in [2.05, 4.69) is 9.97 Å². The Morgan fingerprint density at radius 2 is 2.38 bits per heavy atom. The van der Waals surface area contributed by atoms with Crippen LogP contribution in [0.5, 0.6) is 0 Å². The monoisotopic (exact) mass is 146 g/mol. The van der Waals surface area contributed by atoms with Crippen LogP contribution in [0.1, 0.15) is 0 Å². The van der Waals surface area contributed by atoms with Crippen LogP contribution < -0.4 is 0 Å². The number of H-pyrrole nitrogens is 1. The van der Waals surface area contributed by atoms with Gasteiger partial charge in [-0.2, -0.15) is 0 Å². The number of hydrogen-bond donors (Lipinski definition) is 1. The zero-order chi connectivity index (χ0) is 5.98. The van der Waals surface area contributed by atoms with Crippen LogP contribution in [0.15, 0.2) is 12.4 Å². The van der Waals surface area contributed by atoms with Crippen molar-refractivity contribution in [2.75, 3.05) is 0 Å². The van der Waals surface area contributed by atoms with Gasteiger partial charge in [0.05, 0.1) is 12.4 Å². The van der Waals surface area contributed by atoms with Gasteiger partial charge in [-0.1, -0.05) is 23.8 Å². The normalized spacial score (nSPS) is 9.12. The molecule has 0 spiro atoms. The zero-order valence-electron chi connectivity index (χ0n) is 3.89. The van der Waals surface area contributed by atoms with Crippen molar-refractivity contribution in [3.05, 3.63) is 22.2 Å². The van der Waals surface area contributed by atoms with Gasteiger partial charge in [-0.25, -0.2) is 0 Å². The van der Waals surface area contributed by atoms with Gasteiger partial charge >= 0.3 is 0 Å². The minimum atomic E-state index is 0.470. The molecule has 0 aromatic carbocycles. The maximum absolute atomic E-state index is 5.46. The second-order valence-electron chi connectivity index (χ2n) is 1.24. The second kappa shape index (κ2) is 2.24. The molecular formula is C4H3ClN2S. The maximum atomic E-state index is 5.46. The van der Waals surface area contributed by atoms with Crippen molar-refractivity contribution in [2.24, 2.45) is 0 Å². The molecule has 1 heterocycles. The van der Waals surface area contributed by atoms with E-state index in [9.17, 15) is 0 Å². The summed E-state index contributed by atoms with van der Waals surface area (Å²) in [6.45, 7) is 0. The van der Waals surface area contributed by atoms with Gasteiger partial charge in [-0.15, -0.1) is 0 Å². The number of hydrogen-bond acceptors (Lipinski definition) is 2. The summed E-state index contributed by atoms with van der Waals surface area (Å²) in [5.74, 6) is 0. The minimum absolute atomic E-state index is 0.470. The fourth-order valence-corrected chi connectivity index (χ4v) is 0.738. The van der Waals surface area contributed by atoms with Crippen molar-refractivity contribution in [2.45, 2.75) is 0 Å². The van der Waals surface area contributed by atoms with Crippen molar-refractivity contribution < 1.29 is 0 Å². The number of halogens is 1. The third-order valence-electron chi connectivity index (χ3n) is 0.622. The summed E-state index contributed by atoms with van der Waals surface area (Å²) < 4.78 is 0.553. The minimum Gasteiger partial charge on any atom is -0.335 e. The van der Waals surface area contributed by atoms with Crippen molar-refractivity contribution in [1.29, 1.82) is 0 Å². The Labute approximate surface area is 56.5 Å². The highest BCUT2D eigenvalue weighted by Gasteiger charge is 1.80. The van der Waals surface area contributed by atoms with E-state index in [1.54, 1.807) is 0 Å². The largest absolute Gasteiger partial charge is 0.335 e. The molecule has 0 unspecified atom stereocenters. The molecule has 1 N–H and O–H groups in total. The zero-order valence-corrected chi connectivity index (χ0v) is 5.46. The highest BCUT2D eigenvalue weighted by atomic mass is 35.5. The molecule has 0 aliphatic carbocycles. The van der Waals surface area contributed by atoms with Crippen molar-refractivity contribution in [1.82, 2.24) is 9.97 Å². The number of rotatable bonds is 0. The Balaban J connectivity index is 3.28. The third kappa shape index (κ3) is 1.28. The van der Waals surface area contributed by atoms with Gasteiger partial charge in [-0.3, -0.25) is 4.98 Å². The summed E-state index contributed by atoms with van der Waals surface area (Å²) in [4.78, 5) is 6.40. The second-order valence-corrected chi connectivity index (χ2v) is 2.09. The fourth-order valence-electron chi connectivity index (χ4n) is 0.353. The van der Waals surface area contributed by atoms with Crippen molar-refractivity contribution >= 4 is 23.8 Å². The molecule has 1 rings (SSSR count). The van der Waals surface area contributed by atoms with E-state index in [0.29, 0.717) is 9.79 Å². The van der Waals surface area contributed by atoms with Gasteiger partial charge in [0.2, 0.25) is 0 Å². The molecule has 2 nitrogen and oxygen atoms in total. The Morgan fingerprint density at radius 3 is 2.75 bits per heavy atom. The number of nitrogens with zero attached hydrogens (tertiary/aromatic N) is 1. The SMILES string of the molecule is S=c1cncc(Cl)[nH]1. The molecule has 0 saturated heterocycles. The molecule has 4 heteroatoms. The molecule has 0 atom stereocenters. The van der Waals surface area contributed by atoms with E-state index >= 15 is 0 Å². The topological polar surface area (TPSA) is 28.7 Å². The Kier molecular flexibility index (Phi) is 1.60. The molecule has 0 radical (unpaired) electrons. The summed E-state index contributed by atoms with van der Waals surface area (Å²) in [7, 11) is 0. The Hall–Kier alpha value is -0.410. The third-order valence-corrected chi connectivity index (χ3v) is 1.02. The molecule has 8 heavy (non-hydrogen) atoms. The fraction of sp³-hybridized carbons (Fsp3) is 0. The van der Waals surface area contributed by atoms with Crippen LogP contribution >= 0.6 is 23.8 Å². The lowest BCUT2D eigenvalue weighted by molar-refractivity contribution is 1.18. The average Bonchev–Trinajstić information content (AvgIpc) is 1.64. The first kappa shape index (κ1) is 5.72. The summed E-state index contributed by atoms with van der Waals surface area (Å²) in [5.41, 5.74) is 0. The summed E-state index contributed by atoms with van der Waals surface area (Å²) in [6, 6.07) is 0. The lowest BCUT2D eigenvalue weighted by Gasteiger charge is -1.83. The Bertz CT molecular complexity index is 231. The van der Waals surface area contributed by atoms with Crippen LogP contribution in [-0.2, 0) is 0 Å². The van der Waals surface area contributed by atoms with Gasteiger partial charge in [0, 0.05) is 0 Å². The summed E-state index contributed by atoms with van der Waals surface area (Å²) >= 11 is 10.2. The highest BCUT2D eigenvalue weighted by molar-refractivity contribution is 7.71. The van der Waals surface area contributed by atoms with Gasteiger partial charge < -0.3 is 4.98 Å². The van der Waals surface area contributed by atoms with Crippen LogP contribution in [-0.4, -0.2) is 9.97 Å². The lowest BCUT2D eigenvalue weighted by atomic mass is 10.8. The molecule has 0 saturated carbocycles. The molecule has 0 amide bonds. The van der Waals surface area contributed by atoms with Crippen molar-refractivity contribution in [3.63, 3.8) is 0 Å². The Morgan fingerprint density at radius 1 is 1.62 bits per heavy atom. The average molecular weight is 147 g/mol. The number of nitrogens with one attached hydrogen (secondary N) is 1. The van der Waals surface area contributed by atoms with Gasteiger partial charge in [0.25, 0.3) is 0 Å². The smallest absolute Gasteiger partial charge is 0.125 e. The highest BCUT2D eigenvalue weighted by Crippen LogP contribution is 1.97. The van der Waals surface area contributed by atoms with E-state index in [1.165, 1.54) is 12.4 Å². The predicted molar refractivity (Wildman–Crippen MR) is 34.4 cm³/mol. The van der Waals surface area contributed by atoms with E-state index in [0.717, 1.165) is 0 Å². The maximum Gasteiger partial charge on any atom is 0.125 e. The van der Waals surface area contributed by atoms with E-state index in [1.807, 2.05) is 0 Å². The van der Waals surface area contributed by atoms with Gasteiger partial charge in [0.15, 0.2) is 0 Å². The molecule has 0 bridgehead atoms. The predicted octanol–water partition coefficient (Wildman–Crippen LogP) is 1.79. The molecule has 0 fully saturated rings. The first-order valence-corrected chi connectivity index (χ1v) is 2.77. The standard InChI is InChI=1S/C4H3ClN2S/c5-3-1-6-2-4(8)7-3/h1-2H,(H,7,8). The molecular weight excluding hydrogens is 144 g/mol. The quantitative estimate of drug-likeness (QED) is 0.566. The number of aromatic nitrogens is 2. The molecule has 42 valence electrons. The molecule has 1 aromatic heterocycles. The van der Waals surface area contributed by atoms with Crippen LogP contribution in [0, 0.1) is 4.64 Å². The van der Waals surface area contributed by atoms with E-state index < -0.39 is 0 Å². The van der Waals surface area contributed by atoms with E-state index in [-0.39, 0.29) is 0 Å². The van der Waals surface area contributed by atoms with Gasteiger partial charge in [-0.05, 0) is 0 Å². The summed E-state index contributed by atoms with van der Waals surface area (Å²) in [6.07, 6.45) is 3.03. The van der Waals surface area contributed by atoms with E-state index in [4.69, 9.17) is 23.8 Å². The van der Waals surface area contributed by atoms with Crippen LogP contribution in [0.4, 0.5) is 0 Å². The van der Waals surface area contributed by atoms with Crippen LogP contribution in [0.3, 0.4) is 0 Å².